The molecule has 3 aromatic rings. The first-order valence-corrected chi connectivity index (χ1v) is 10.3. The molecule has 2 aromatic carbocycles. The molecule has 0 saturated carbocycles. The van der Waals surface area contributed by atoms with Crippen LogP contribution in [-0.2, 0) is 12.7 Å². The highest BCUT2D eigenvalue weighted by Gasteiger charge is 2.41. The molecule has 0 aliphatic carbocycles. The SMILES string of the molecule is CN(Cc1ccccc1N1CCCC1)C(=O)c1cnn(-c2ccccc2F)c1C(F)(F)F. The highest BCUT2D eigenvalue weighted by molar-refractivity contribution is 5.95. The topological polar surface area (TPSA) is 41.4 Å². The number of halogens is 4. The van der Waals surface area contributed by atoms with Crippen molar-refractivity contribution >= 4 is 11.6 Å². The van der Waals surface area contributed by atoms with Crippen LogP contribution < -0.4 is 4.90 Å². The number of alkyl halides is 3. The first kappa shape index (κ1) is 21.9. The quantitative estimate of drug-likeness (QED) is 0.524. The summed E-state index contributed by atoms with van der Waals surface area (Å²) in [6, 6.07) is 12.6. The lowest BCUT2D eigenvalue weighted by molar-refractivity contribution is -0.143. The van der Waals surface area contributed by atoms with E-state index in [1.54, 1.807) is 0 Å². The van der Waals surface area contributed by atoms with E-state index in [-0.39, 0.29) is 12.2 Å². The van der Waals surface area contributed by atoms with Gasteiger partial charge in [-0.2, -0.15) is 18.3 Å². The number of carbonyl (C=O) groups excluding carboxylic acids is 1. The standard InChI is InChI=1S/C23H22F4N4O/c1-29(15-16-8-2-4-10-19(16)30-12-6-7-13-30)22(32)17-14-28-31(21(17)23(25,26)27)20-11-5-3-9-18(20)24/h2-5,8-11,14H,6-7,12-13,15H2,1H3. The van der Waals surface area contributed by atoms with Gasteiger partial charge in [-0.1, -0.05) is 30.3 Å². The maximum atomic E-state index is 14.2. The van der Waals surface area contributed by atoms with E-state index in [0.717, 1.165) is 49.4 Å². The number of anilines is 1. The summed E-state index contributed by atoms with van der Waals surface area (Å²) in [4.78, 5) is 16.5. The second-order valence-electron chi connectivity index (χ2n) is 7.75. The number of hydrogen-bond donors (Lipinski definition) is 0. The van der Waals surface area contributed by atoms with Gasteiger partial charge in [-0.05, 0) is 36.6 Å². The number of amides is 1. The van der Waals surface area contributed by atoms with Crippen LogP contribution in [0, 0.1) is 5.82 Å². The molecule has 0 unspecified atom stereocenters. The fourth-order valence-corrected chi connectivity index (χ4v) is 4.03. The highest BCUT2D eigenvalue weighted by Crippen LogP contribution is 2.35. The van der Waals surface area contributed by atoms with Gasteiger partial charge in [-0.3, -0.25) is 4.79 Å². The van der Waals surface area contributed by atoms with E-state index < -0.39 is 29.2 Å². The maximum absolute atomic E-state index is 14.2. The van der Waals surface area contributed by atoms with Crippen LogP contribution in [0.3, 0.4) is 0 Å². The van der Waals surface area contributed by atoms with Crippen molar-refractivity contribution in [2.45, 2.75) is 25.6 Å². The predicted octanol–water partition coefficient (Wildman–Crippen LogP) is 4.90. The third kappa shape index (κ3) is 4.19. The van der Waals surface area contributed by atoms with Gasteiger partial charge in [-0.25, -0.2) is 9.07 Å². The lowest BCUT2D eigenvalue weighted by Gasteiger charge is -2.24. The van der Waals surface area contributed by atoms with Crippen LogP contribution in [0.5, 0.6) is 0 Å². The molecule has 1 fully saturated rings. The molecular weight excluding hydrogens is 424 g/mol. The molecule has 1 saturated heterocycles. The largest absolute Gasteiger partial charge is 0.434 e. The van der Waals surface area contributed by atoms with Crippen LogP contribution in [-0.4, -0.2) is 40.7 Å². The summed E-state index contributed by atoms with van der Waals surface area (Å²) in [6.45, 7) is 1.94. The van der Waals surface area contributed by atoms with Crippen molar-refractivity contribution in [2.75, 3.05) is 25.0 Å². The molecule has 2 heterocycles. The highest BCUT2D eigenvalue weighted by atomic mass is 19.4. The van der Waals surface area contributed by atoms with E-state index in [1.165, 1.54) is 30.1 Å². The Morgan fingerprint density at radius 3 is 2.31 bits per heavy atom. The van der Waals surface area contributed by atoms with Gasteiger partial charge in [0.15, 0.2) is 5.69 Å². The Balaban J connectivity index is 1.66. The van der Waals surface area contributed by atoms with Crippen molar-refractivity contribution < 1.29 is 22.4 Å². The first-order valence-electron chi connectivity index (χ1n) is 10.3. The minimum absolute atomic E-state index is 0.133. The summed E-state index contributed by atoms with van der Waals surface area (Å²) in [5.41, 5.74) is -0.474. The van der Waals surface area contributed by atoms with Crippen molar-refractivity contribution in [3.05, 3.63) is 77.4 Å². The summed E-state index contributed by atoms with van der Waals surface area (Å²) < 4.78 is 56.4. The molecule has 0 atom stereocenters. The molecule has 4 rings (SSSR count). The van der Waals surface area contributed by atoms with Gasteiger partial charge in [-0.15, -0.1) is 0 Å². The summed E-state index contributed by atoms with van der Waals surface area (Å²) in [7, 11) is 1.45. The van der Waals surface area contributed by atoms with Crippen molar-refractivity contribution in [1.82, 2.24) is 14.7 Å². The lowest BCUT2D eigenvalue weighted by atomic mass is 10.1. The van der Waals surface area contributed by atoms with Gasteiger partial charge in [0.05, 0.1) is 11.8 Å². The summed E-state index contributed by atoms with van der Waals surface area (Å²) in [5, 5.41) is 3.71. The second kappa shape index (κ2) is 8.64. The minimum Gasteiger partial charge on any atom is -0.371 e. The summed E-state index contributed by atoms with van der Waals surface area (Å²) in [5.74, 6) is -1.70. The van der Waals surface area contributed by atoms with Gasteiger partial charge >= 0.3 is 6.18 Å². The molecule has 0 radical (unpaired) electrons. The number of aromatic nitrogens is 2. The van der Waals surface area contributed by atoms with Gasteiger partial charge in [0, 0.05) is 32.4 Å². The smallest absolute Gasteiger partial charge is 0.371 e. The number of hydrogen-bond acceptors (Lipinski definition) is 3. The van der Waals surface area contributed by atoms with Gasteiger partial charge in [0.1, 0.15) is 11.5 Å². The first-order chi connectivity index (χ1) is 15.3. The Bertz CT molecular complexity index is 1120. The molecular formula is C23H22F4N4O. The molecule has 0 bridgehead atoms. The zero-order chi connectivity index (χ0) is 22.9. The van der Waals surface area contributed by atoms with Crippen molar-refractivity contribution in [1.29, 1.82) is 0 Å². The molecule has 1 aliphatic heterocycles. The monoisotopic (exact) mass is 446 g/mol. The fourth-order valence-electron chi connectivity index (χ4n) is 4.03. The van der Waals surface area contributed by atoms with E-state index in [1.807, 2.05) is 24.3 Å². The van der Waals surface area contributed by atoms with Gasteiger partial charge < -0.3 is 9.80 Å². The minimum atomic E-state index is -4.90. The number of rotatable bonds is 5. The van der Waals surface area contributed by atoms with Gasteiger partial charge in [0.25, 0.3) is 5.91 Å². The van der Waals surface area contributed by atoms with Crippen LogP contribution in [0.15, 0.2) is 54.7 Å². The summed E-state index contributed by atoms with van der Waals surface area (Å²) in [6.07, 6.45) is -1.90. The number of nitrogens with zero attached hydrogens (tertiary/aromatic N) is 4. The van der Waals surface area contributed by atoms with Crippen molar-refractivity contribution in [3.8, 4) is 5.69 Å². The van der Waals surface area contributed by atoms with E-state index in [4.69, 9.17) is 0 Å². The van der Waals surface area contributed by atoms with E-state index in [0.29, 0.717) is 4.68 Å². The third-order valence-electron chi connectivity index (χ3n) is 5.54. The maximum Gasteiger partial charge on any atom is 0.434 e. The third-order valence-corrected chi connectivity index (χ3v) is 5.54. The van der Waals surface area contributed by atoms with E-state index in [2.05, 4.69) is 10.00 Å². The van der Waals surface area contributed by atoms with Gasteiger partial charge in [0.2, 0.25) is 0 Å². The van der Waals surface area contributed by atoms with Crippen LogP contribution in [0.25, 0.3) is 5.69 Å². The fraction of sp³-hybridized carbons (Fsp3) is 0.304. The Morgan fingerprint density at radius 1 is 1.03 bits per heavy atom. The normalized spacial score (nSPS) is 14.1. The summed E-state index contributed by atoms with van der Waals surface area (Å²) >= 11 is 0. The molecule has 1 amide bonds. The Labute approximate surface area is 182 Å². The van der Waals surface area contributed by atoms with Crippen molar-refractivity contribution in [3.63, 3.8) is 0 Å². The molecule has 32 heavy (non-hydrogen) atoms. The Kier molecular flexibility index (Phi) is 5.90. The number of carbonyl (C=O) groups is 1. The average molecular weight is 446 g/mol. The van der Waals surface area contributed by atoms with E-state index in [9.17, 15) is 22.4 Å². The average Bonchev–Trinajstić information content (AvgIpc) is 3.44. The molecule has 1 aromatic heterocycles. The zero-order valence-corrected chi connectivity index (χ0v) is 17.4. The van der Waals surface area contributed by atoms with Crippen LogP contribution in [0.1, 0.15) is 34.5 Å². The lowest BCUT2D eigenvalue weighted by Crippen LogP contribution is -2.30. The van der Waals surface area contributed by atoms with E-state index >= 15 is 0 Å². The molecule has 168 valence electrons. The molecule has 0 spiro atoms. The number of benzene rings is 2. The molecule has 9 heteroatoms. The van der Waals surface area contributed by atoms with Crippen LogP contribution in [0.4, 0.5) is 23.2 Å². The second-order valence-corrected chi connectivity index (χ2v) is 7.75. The van der Waals surface area contributed by atoms with Crippen molar-refractivity contribution in [2.24, 2.45) is 0 Å². The predicted molar refractivity (Wildman–Crippen MR) is 112 cm³/mol. The Morgan fingerprint density at radius 2 is 1.66 bits per heavy atom. The van der Waals surface area contributed by atoms with Crippen LogP contribution in [0.2, 0.25) is 0 Å². The molecule has 1 aliphatic rings. The number of para-hydroxylation sites is 2. The van der Waals surface area contributed by atoms with Crippen LogP contribution >= 0.6 is 0 Å². The zero-order valence-electron chi connectivity index (χ0n) is 17.4. The Hall–Kier alpha value is -3.36. The molecule has 0 N–H and O–H groups in total. The molecule has 5 nitrogen and oxygen atoms in total.